The number of fused-ring (bicyclic) bond motifs is 2. The Bertz CT molecular complexity index is 447. The predicted octanol–water partition coefficient (Wildman–Crippen LogP) is 1.35. The van der Waals surface area contributed by atoms with Gasteiger partial charge in [-0.2, -0.15) is 0 Å². The van der Waals surface area contributed by atoms with Gasteiger partial charge in [0.25, 0.3) is 0 Å². The molecule has 0 aromatic carbocycles. The molecule has 0 radical (unpaired) electrons. The molecule has 0 amide bonds. The van der Waals surface area contributed by atoms with E-state index in [1.54, 1.807) is 12.4 Å². The third-order valence-electron chi connectivity index (χ3n) is 3.78. The van der Waals surface area contributed by atoms with E-state index >= 15 is 0 Å². The van der Waals surface area contributed by atoms with Crippen molar-refractivity contribution in [1.29, 1.82) is 0 Å². The molecule has 0 aliphatic carbocycles. The van der Waals surface area contributed by atoms with Crippen LogP contribution in [0.3, 0.4) is 0 Å². The van der Waals surface area contributed by atoms with Crippen molar-refractivity contribution in [3.63, 3.8) is 0 Å². The Morgan fingerprint density at radius 2 is 1.76 bits per heavy atom. The molecule has 0 N–H and O–H groups in total. The summed E-state index contributed by atoms with van der Waals surface area (Å²) in [5.74, 6) is 0.149. The van der Waals surface area contributed by atoms with Crippen LogP contribution in [0.2, 0.25) is 0 Å². The quantitative estimate of drug-likeness (QED) is 0.743. The molecule has 0 saturated carbocycles. The molecular formula is C12H14N2O2S. The van der Waals surface area contributed by atoms with E-state index in [1.807, 2.05) is 0 Å². The zero-order valence-electron chi connectivity index (χ0n) is 9.41. The SMILES string of the molecule is O=C(c1cncnc1)C1CC2CCC(C1)S2=O. The van der Waals surface area contributed by atoms with Crippen LogP contribution in [-0.2, 0) is 10.8 Å². The second-order valence-corrected chi connectivity index (χ2v) is 6.80. The number of ketones is 1. The molecule has 2 saturated heterocycles. The van der Waals surface area contributed by atoms with Crippen LogP contribution in [-0.4, -0.2) is 30.5 Å². The van der Waals surface area contributed by atoms with E-state index in [4.69, 9.17) is 0 Å². The molecule has 1 aromatic rings. The average molecular weight is 250 g/mol. The highest BCUT2D eigenvalue weighted by Crippen LogP contribution is 2.39. The van der Waals surface area contributed by atoms with E-state index in [1.165, 1.54) is 6.33 Å². The molecule has 90 valence electrons. The summed E-state index contributed by atoms with van der Waals surface area (Å²) in [6.45, 7) is 0. The number of carbonyl (C=O) groups excluding carboxylic acids is 1. The lowest BCUT2D eigenvalue weighted by Gasteiger charge is -2.26. The van der Waals surface area contributed by atoms with E-state index < -0.39 is 10.8 Å². The number of rotatable bonds is 2. The molecule has 2 fully saturated rings. The lowest BCUT2D eigenvalue weighted by molar-refractivity contribution is 0.0905. The van der Waals surface area contributed by atoms with Gasteiger partial charge in [0.05, 0.1) is 5.56 Å². The van der Waals surface area contributed by atoms with Gasteiger partial charge in [0.2, 0.25) is 0 Å². The van der Waals surface area contributed by atoms with E-state index in [0.29, 0.717) is 5.56 Å². The fourth-order valence-corrected chi connectivity index (χ4v) is 5.03. The first-order chi connectivity index (χ1) is 8.25. The number of nitrogens with zero attached hydrogens (tertiary/aromatic N) is 2. The lowest BCUT2D eigenvalue weighted by atomic mass is 9.91. The number of hydrogen-bond donors (Lipinski definition) is 0. The molecule has 1 aromatic heterocycles. The van der Waals surface area contributed by atoms with Gasteiger partial charge in [-0.25, -0.2) is 9.97 Å². The number of aromatic nitrogens is 2. The molecule has 0 spiro atoms. The van der Waals surface area contributed by atoms with Crippen molar-refractivity contribution in [2.24, 2.45) is 5.92 Å². The molecule has 2 aliphatic rings. The summed E-state index contributed by atoms with van der Waals surface area (Å²) >= 11 is 0. The highest BCUT2D eigenvalue weighted by Gasteiger charge is 2.42. The summed E-state index contributed by atoms with van der Waals surface area (Å²) < 4.78 is 11.9. The maximum Gasteiger partial charge on any atom is 0.169 e. The predicted molar refractivity (Wildman–Crippen MR) is 64.0 cm³/mol. The van der Waals surface area contributed by atoms with Gasteiger partial charge < -0.3 is 0 Å². The van der Waals surface area contributed by atoms with E-state index in [0.717, 1.165) is 25.7 Å². The maximum atomic E-state index is 12.2. The van der Waals surface area contributed by atoms with Crippen molar-refractivity contribution in [2.75, 3.05) is 0 Å². The smallest absolute Gasteiger partial charge is 0.169 e. The molecule has 2 bridgehead atoms. The van der Waals surface area contributed by atoms with Crippen LogP contribution in [0.15, 0.2) is 18.7 Å². The Morgan fingerprint density at radius 1 is 1.18 bits per heavy atom. The van der Waals surface area contributed by atoms with Gasteiger partial charge in [-0.3, -0.25) is 9.00 Å². The Kier molecular flexibility index (Phi) is 2.78. The first kappa shape index (κ1) is 11.0. The fourth-order valence-electron chi connectivity index (χ4n) is 2.91. The number of Topliss-reactive ketones (excluding diaryl/α,β-unsaturated/α-hetero) is 1. The molecular weight excluding hydrogens is 236 g/mol. The Balaban J connectivity index is 1.79. The monoisotopic (exact) mass is 250 g/mol. The maximum absolute atomic E-state index is 12.2. The minimum atomic E-state index is -0.696. The average Bonchev–Trinajstić information content (AvgIpc) is 2.61. The highest BCUT2D eigenvalue weighted by atomic mass is 32.2. The molecule has 3 rings (SSSR count). The third kappa shape index (κ3) is 1.92. The molecule has 5 heteroatoms. The molecule has 2 aliphatic heterocycles. The van der Waals surface area contributed by atoms with Crippen LogP contribution in [0.5, 0.6) is 0 Å². The largest absolute Gasteiger partial charge is 0.294 e. The zero-order chi connectivity index (χ0) is 11.8. The Labute approximate surface area is 102 Å². The van der Waals surface area contributed by atoms with Crippen LogP contribution in [0.4, 0.5) is 0 Å². The van der Waals surface area contributed by atoms with Gasteiger partial charge in [0.15, 0.2) is 5.78 Å². The summed E-state index contributed by atoms with van der Waals surface area (Å²) in [6.07, 6.45) is 8.16. The first-order valence-electron chi connectivity index (χ1n) is 5.94. The third-order valence-corrected chi connectivity index (χ3v) is 5.95. The van der Waals surface area contributed by atoms with Crippen LogP contribution in [0, 0.1) is 5.92 Å². The number of carbonyl (C=O) groups is 1. The fraction of sp³-hybridized carbons (Fsp3) is 0.583. The standard InChI is InChI=1S/C12H14N2O2S/c15-12(9-5-13-7-14-6-9)8-3-10-1-2-11(4-8)17(10)16/h5-8,10-11H,1-4H2. The van der Waals surface area contributed by atoms with Crippen LogP contribution >= 0.6 is 0 Å². The normalized spacial score (nSPS) is 35.8. The first-order valence-corrected chi connectivity index (χ1v) is 7.22. The number of hydrogen-bond acceptors (Lipinski definition) is 4. The summed E-state index contributed by atoms with van der Waals surface area (Å²) in [4.78, 5) is 20.0. The van der Waals surface area contributed by atoms with Gasteiger partial charge in [0, 0.05) is 39.6 Å². The van der Waals surface area contributed by atoms with Gasteiger partial charge >= 0.3 is 0 Å². The van der Waals surface area contributed by atoms with Crippen molar-refractivity contribution >= 4 is 16.6 Å². The van der Waals surface area contributed by atoms with Gasteiger partial charge in [-0.15, -0.1) is 0 Å². The van der Waals surface area contributed by atoms with Crippen molar-refractivity contribution in [3.05, 3.63) is 24.3 Å². The van der Waals surface area contributed by atoms with Crippen molar-refractivity contribution in [1.82, 2.24) is 9.97 Å². The minimum absolute atomic E-state index is 0.0243. The highest BCUT2D eigenvalue weighted by molar-refractivity contribution is 7.86. The Hall–Kier alpha value is -1.10. The summed E-state index contributed by atoms with van der Waals surface area (Å²) in [5, 5.41) is 0.486. The van der Waals surface area contributed by atoms with E-state index in [2.05, 4.69) is 9.97 Å². The molecule has 17 heavy (non-hydrogen) atoms. The lowest BCUT2D eigenvalue weighted by Crippen LogP contribution is -2.32. The Morgan fingerprint density at radius 3 is 2.35 bits per heavy atom. The second kappa shape index (κ2) is 4.29. The summed E-state index contributed by atoms with van der Waals surface area (Å²) in [6, 6.07) is 0. The molecule has 3 heterocycles. The van der Waals surface area contributed by atoms with Crippen LogP contribution < -0.4 is 0 Å². The van der Waals surface area contributed by atoms with Gasteiger partial charge in [0.1, 0.15) is 6.33 Å². The van der Waals surface area contributed by atoms with Gasteiger partial charge in [-0.05, 0) is 25.7 Å². The zero-order valence-corrected chi connectivity index (χ0v) is 10.2. The van der Waals surface area contributed by atoms with E-state index in [9.17, 15) is 9.00 Å². The van der Waals surface area contributed by atoms with E-state index in [-0.39, 0.29) is 22.2 Å². The van der Waals surface area contributed by atoms with Crippen molar-refractivity contribution in [2.45, 2.75) is 36.2 Å². The minimum Gasteiger partial charge on any atom is -0.294 e. The molecule has 2 atom stereocenters. The van der Waals surface area contributed by atoms with Gasteiger partial charge in [-0.1, -0.05) is 0 Å². The summed E-state index contributed by atoms with van der Waals surface area (Å²) in [7, 11) is -0.696. The van der Waals surface area contributed by atoms with Crippen LogP contribution in [0.25, 0.3) is 0 Å². The van der Waals surface area contributed by atoms with Crippen molar-refractivity contribution in [3.8, 4) is 0 Å². The van der Waals surface area contributed by atoms with Crippen LogP contribution in [0.1, 0.15) is 36.0 Å². The summed E-state index contributed by atoms with van der Waals surface area (Å²) in [5.41, 5.74) is 0.588. The van der Waals surface area contributed by atoms with Crippen molar-refractivity contribution < 1.29 is 9.00 Å². The second-order valence-electron chi connectivity index (χ2n) is 4.81. The topological polar surface area (TPSA) is 59.9 Å². The molecule has 2 unspecified atom stereocenters. The molecule has 4 nitrogen and oxygen atoms in total.